The van der Waals surface area contributed by atoms with Crippen LogP contribution in [0, 0.1) is 11.7 Å². The number of nitrogens with zero attached hydrogens (tertiary/aromatic N) is 6. The van der Waals surface area contributed by atoms with E-state index in [1.165, 1.54) is 31.2 Å². The number of hydrogen-bond acceptors (Lipinski definition) is 9. The van der Waals surface area contributed by atoms with Gasteiger partial charge in [0.05, 0.1) is 61.4 Å². The number of methoxy groups -OCH3 is 1. The number of alkyl halides is 3. The van der Waals surface area contributed by atoms with Crippen molar-refractivity contribution in [1.82, 2.24) is 39.9 Å². The molecule has 6 rings (SSSR count). The number of hydrogen-bond donors (Lipinski definition) is 2. The number of halogens is 6. The number of aromatic nitrogens is 3. The molecule has 2 aromatic heterocycles. The van der Waals surface area contributed by atoms with E-state index in [2.05, 4.69) is 20.6 Å². The number of rotatable bonds is 12. The average Bonchev–Trinajstić information content (AvgIpc) is 3.58. The fourth-order valence-corrected chi connectivity index (χ4v) is 8.44. The zero-order valence-corrected chi connectivity index (χ0v) is 37.5. The van der Waals surface area contributed by atoms with E-state index in [0.29, 0.717) is 30.1 Å². The van der Waals surface area contributed by atoms with Gasteiger partial charge in [-0.2, -0.15) is 13.2 Å². The minimum Gasteiger partial charge on any atom is -0.455 e. The molecule has 4 heterocycles. The first-order chi connectivity index (χ1) is 30.2. The maximum absolute atomic E-state index is 16.1. The molecule has 2 N–H and O–H groups in total. The van der Waals surface area contributed by atoms with Gasteiger partial charge >= 0.3 is 6.18 Å². The zero-order valence-electron chi connectivity index (χ0n) is 36.0. The second kappa shape index (κ2) is 20.3. The first kappa shape index (κ1) is 48.2. The lowest BCUT2D eigenvalue weighted by atomic mass is 9.82. The van der Waals surface area contributed by atoms with Crippen molar-refractivity contribution in [3.8, 4) is 22.9 Å². The number of nitrogens with one attached hydrogen (secondary N) is 2. The molecule has 14 nitrogen and oxygen atoms in total. The van der Waals surface area contributed by atoms with Gasteiger partial charge in [-0.05, 0) is 82.2 Å². The minimum absolute atomic E-state index is 0.0596. The quantitative estimate of drug-likeness (QED) is 0.156. The SMILES string of the molecule is COC[C@@H]1NC(=O)[C@H](C)N(Cc2c(F)cc(Cl)cc2Oc2ccc(-c3cnc(CN(C)C)n3C)nc2)C(=O)C[C@@H](CC(F)(F)F)C(=O)N2CCC[C@@](Cc3ccc(Cl)cc3)(C2)NC1=O. The molecule has 2 aromatic carbocycles. The van der Waals surface area contributed by atoms with Crippen molar-refractivity contribution in [3.05, 3.63) is 93.7 Å². The number of fused-ring (bicyclic) bond motifs is 2. The third-order valence-corrected chi connectivity index (χ3v) is 11.8. The molecule has 0 spiro atoms. The maximum atomic E-state index is 16.1. The molecule has 64 heavy (non-hydrogen) atoms. The predicted molar refractivity (Wildman–Crippen MR) is 230 cm³/mol. The minimum atomic E-state index is -4.88. The Balaban J connectivity index is 1.35. The molecular weight excluding hydrogens is 883 g/mol. The van der Waals surface area contributed by atoms with Crippen molar-refractivity contribution in [2.24, 2.45) is 13.0 Å². The summed E-state index contributed by atoms with van der Waals surface area (Å²) in [5.41, 5.74) is 0.534. The van der Waals surface area contributed by atoms with Crippen LogP contribution < -0.4 is 15.4 Å². The van der Waals surface area contributed by atoms with Crippen LogP contribution in [0.5, 0.6) is 11.5 Å². The molecule has 4 amide bonds. The second-order valence-corrected chi connectivity index (χ2v) is 17.4. The van der Waals surface area contributed by atoms with Gasteiger partial charge in [0, 0.05) is 49.3 Å². The highest BCUT2D eigenvalue weighted by atomic mass is 35.5. The maximum Gasteiger partial charge on any atom is 0.389 e. The topological polar surface area (TPSA) is 151 Å². The van der Waals surface area contributed by atoms with Crippen LogP contribution in [-0.2, 0) is 50.5 Å². The molecule has 2 aliphatic rings. The Morgan fingerprint density at radius 1 is 0.984 bits per heavy atom. The van der Waals surface area contributed by atoms with Crippen LogP contribution in [0.2, 0.25) is 10.0 Å². The van der Waals surface area contributed by atoms with Crippen LogP contribution in [-0.4, -0.2) is 118 Å². The normalized spacial score (nSPS) is 21.5. The Kier molecular flexibility index (Phi) is 15.2. The van der Waals surface area contributed by atoms with Gasteiger partial charge in [0.2, 0.25) is 23.6 Å². The highest BCUT2D eigenvalue weighted by Gasteiger charge is 2.45. The van der Waals surface area contributed by atoms with Crippen LogP contribution in [0.25, 0.3) is 11.4 Å². The molecule has 4 atom stereocenters. The summed E-state index contributed by atoms with van der Waals surface area (Å²) in [6.07, 6.45) is -3.64. The fraction of sp³-hybridized carbons (Fsp3) is 0.455. The summed E-state index contributed by atoms with van der Waals surface area (Å²) in [5, 5.41) is 6.01. The van der Waals surface area contributed by atoms with Gasteiger partial charge in [0.25, 0.3) is 0 Å². The van der Waals surface area contributed by atoms with Crippen molar-refractivity contribution in [2.45, 2.75) is 75.9 Å². The molecule has 0 saturated carbocycles. The van der Waals surface area contributed by atoms with Gasteiger partial charge in [-0.25, -0.2) is 9.37 Å². The molecule has 0 aliphatic carbocycles. The Morgan fingerprint density at radius 3 is 2.38 bits per heavy atom. The summed E-state index contributed by atoms with van der Waals surface area (Å²) in [5.74, 6) is -5.74. The summed E-state index contributed by atoms with van der Waals surface area (Å²) in [7, 11) is 7.02. The van der Waals surface area contributed by atoms with Gasteiger partial charge in [-0.3, -0.25) is 24.2 Å². The lowest BCUT2D eigenvalue weighted by Gasteiger charge is -2.45. The zero-order chi connectivity index (χ0) is 46.5. The molecule has 0 radical (unpaired) electrons. The van der Waals surface area contributed by atoms with Crippen LogP contribution in [0.1, 0.15) is 49.6 Å². The molecule has 2 aliphatic heterocycles. The van der Waals surface area contributed by atoms with Crippen molar-refractivity contribution < 1.29 is 46.2 Å². The van der Waals surface area contributed by atoms with E-state index >= 15 is 4.39 Å². The van der Waals surface area contributed by atoms with E-state index in [-0.39, 0.29) is 48.2 Å². The molecule has 2 saturated heterocycles. The number of carbonyl (C=O) groups excluding carboxylic acids is 4. The van der Waals surface area contributed by atoms with Crippen LogP contribution in [0.4, 0.5) is 17.6 Å². The number of pyridine rings is 1. The van der Waals surface area contributed by atoms with Crippen LogP contribution in [0.3, 0.4) is 0 Å². The van der Waals surface area contributed by atoms with E-state index in [1.54, 1.807) is 42.6 Å². The van der Waals surface area contributed by atoms with Gasteiger partial charge < -0.3 is 39.4 Å². The van der Waals surface area contributed by atoms with Gasteiger partial charge in [-0.1, -0.05) is 35.3 Å². The largest absolute Gasteiger partial charge is 0.455 e. The number of carbonyl (C=O) groups is 4. The molecule has 0 unspecified atom stereocenters. The fourth-order valence-electron chi connectivity index (χ4n) is 8.12. The van der Waals surface area contributed by atoms with Crippen molar-refractivity contribution in [1.29, 1.82) is 0 Å². The smallest absolute Gasteiger partial charge is 0.389 e. The van der Waals surface area contributed by atoms with E-state index in [9.17, 15) is 32.3 Å². The van der Waals surface area contributed by atoms with Crippen LogP contribution in [0.15, 0.2) is 60.9 Å². The van der Waals surface area contributed by atoms with Gasteiger partial charge in [-0.15, -0.1) is 0 Å². The molecule has 344 valence electrons. The summed E-state index contributed by atoms with van der Waals surface area (Å²) < 4.78 is 72.3. The second-order valence-electron chi connectivity index (χ2n) is 16.6. The number of imidazole rings is 1. The van der Waals surface area contributed by atoms with E-state index < -0.39 is 78.5 Å². The lowest BCUT2D eigenvalue weighted by molar-refractivity contribution is -0.164. The Morgan fingerprint density at radius 2 is 1.72 bits per heavy atom. The summed E-state index contributed by atoms with van der Waals surface area (Å²) in [6, 6.07) is 9.41. The lowest BCUT2D eigenvalue weighted by Crippen LogP contribution is -2.65. The monoisotopic (exact) mass is 932 g/mol. The molecule has 4 aromatic rings. The molecule has 2 fully saturated rings. The van der Waals surface area contributed by atoms with Crippen molar-refractivity contribution in [3.63, 3.8) is 0 Å². The third-order valence-electron chi connectivity index (χ3n) is 11.3. The Bertz CT molecular complexity index is 2330. The standard InChI is InChI=1S/C44H50Cl2F4N8O6/c1-26-40(60)53-35(24-63-5)41(61)54-43(18-27-7-9-29(45)10-8-27)13-6-14-57(25-43)42(62)28(19-44(48,49)50)15-39(59)58(26)22-32-33(47)16-30(46)17-37(32)64-31-11-12-34(51-20-31)36-21-52-38(56(36)4)23-55(2)3/h7-12,16-17,20-21,26,28,35H,6,13-15,18-19,22-25H2,1-5H3,(H,53,60)(H,54,61)/t26-,28-,35-,43+/m0/s1. The molecular formula is C44H50Cl2F4N8O6. The van der Waals surface area contributed by atoms with Gasteiger partial charge in [0.1, 0.15) is 35.2 Å². The number of ether oxygens (including phenoxy) is 2. The highest BCUT2D eigenvalue weighted by Crippen LogP contribution is 2.36. The number of benzene rings is 2. The third kappa shape index (κ3) is 11.9. The average molecular weight is 934 g/mol. The highest BCUT2D eigenvalue weighted by molar-refractivity contribution is 6.31. The van der Waals surface area contributed by atoms with Crippen molar-refractivity contribution >= 4 is 46.8 Å². The molecule has 20 heteroatoms. The number of amides is 4. The predicted octanol–water partition coefficient (Wildman–Crippen LogP) is 6.32. The Hall–Kier alpha value is -5.30. The summed E-state index contributed by atoms with van der Waals surface area (Å²) >= 11 is 12.4. The van der Waals surface area contributed by atoms with Crippen LogP contribution >= 0.6 is 23.2 Å². The van der Waals surface area contributed by atoms with E-state index in [0.717, 1.165) is 28.0 Å². The van der Waals surface area contributed by atoms with Crippen molar-refractivity contribution in [2.75, 3.05) is 40.9 Å². The van der Waals surface area contributed by atoms with Gasteiger partial charge in [0.15, 0.2) is 0 Å². The van der Waals surface area contributed by atoms with E-state index in [4.69, 9.17) is 32.7 Å². The summed E-state index contributed by atoms with van der Waals surface area (Å²) in [6.45, 7) is 0.713. The summed E-state index contributed by atoms with van der Waals surface area (Å²) in [4.78, 5) is 70.1. The first-order valence-corrected chi connectivity index (χ1v) is 21.3. The number of piperidine rings is 1. The molecule has 2 bridgehead atoms. The van der Waals surface area contributed by atoms with E-state index in [1.807, 2.05) is 30.6 Å². The first-order valence-electron chi connectivity index (χ1n) is 20.5. The Labute approximate surface area is 378 Å².